The molecule has 164 valence electrons. The summed E-state index contributed by atoms with van der Waals surface area (Å²) in [5, 5.41) is 5.58. The van der Waals surface area contributed by atoms with Crippen LogP contribution in [0.3, 0.4) is 0 Å². The van der Waals surface area contributed by atoms with Gasteiger partial charge in [0.05, 0.1) is 12.8 Å². The van der Waals surface area contributed by atoms with Gasteiger partial charge >= 0.3 is 6.03 Å². The quantitative estimate of drug-likeness (QED) is 0.523. The van der Waals surface area contributed by atoms with Crippen LogP contribution in [0, 0.1) is 6.92 Å². The molecular formula is C23H33N3O4. The van der Waals surface area contributed by atoms with E-state index in [0.29, 0.717) is 23.2 Å². The standard InChI is InChI=1S/C22H31N3O3.CH2O/c1-5-7-17(12-13-28-6-2)18-9-11-21(23-15-18)25-22(26)24-19-14-16(3)8-10-20(19)27-4;1-2/h8-11,14-15,17H,5-7,12-13H2,1-4H3,(H2,23,24,25,26);1H2. The van der Waals surface area contributed by atoms with Crippen molar-refractivity contribution >= 4 is 24.3 Å². The number of rotatable bonds is 10. The summed E-state index contributed by atoms with van der Waals surface area (Å²) in [5.41, 5.74) is 2.83. The van der Waals surface area contributed by atoms with Gasteiger partial charge in [0.25, 0.3) is 0 Å². The van der Waals surface area contributed by atoms with Crippen molar-refractivity contribution in [3.05, 3.63) is 47.7 Å². The molecule has 0 aliphatic heterocycles. The number of benzene rings is 1. The minimum Gasteiger partial charge on any atom is -0.495 e. The average Bonchev–Trinajstić information content (AvgIpc) is 2.75. The Kier molecular flexibility index (Phi) is 11.8. The zero-order valence-corrected chi connectivity index (χ0v) is 18.4. The Balaban J connectivity index is 0.00000218. The van der Waals surface area contributed by atoms with Crippen LogP contribution in [-0.4, -0.2) is 38.1 Å². The molecule has 0 saturated carbocycles. The zero-order chi connectivity index (χ0) is 22.4. The Hall–Kier alpha value is -2.93. The topological polar surface area (TPSA) is 89.5 Å². The zero-order valence-electron chi connectivity index (χ0n) is 18.4. The van der Waals surface area contributed by atoms with E-state index in [9.17, 15) is 4.79 Å². The van der Waals surface area contributed by atoms with Crippen molar-refractivity contribution in [2.75, 3.05) is 31.0 Å². The molecule has 1 heterocycles. The third-order valence-electron chi connectivity index (χ3n) is 4.55. The number of anilines is 2. The summed E-state index contributed by atoms with van der Waals surface area (Å²) in [4.78, 5) is 24.7. The minimum atomic E-state index is -0.356. The number of methoxy groups -OCH3 is 1. The van der Waals surface area contributed by atoms with Crippen molar-refractivity contribution in [3.8, 4) is 5.75 Å². The molecule has 2 amide bonds. The number of carbonyl (C=O) groups is 2. The van der Waals surface area contributed by atoms with E-state index in [1.165, 1.54) is 5.56 Å². The normalized spacial score (nSPS) is 11.1. The Morgan fingerprint density at radius 2 is 1.90 bits per heavy atom. The van der Waals surface area contributed by atoms with Crippen LogP contribution in [0.1, 0.15) is 50.2 Å². The molecule has 0 spiro atoms. The summed E-state index contributed by atoms with van der Waals surface area (Å²) in [5.74, 6) is 1.54. The van der Waals surface area contributed by atoms with E-state index in [2.05, 4.69) is 22.5 Å². The Bertz CT molecular complexity index is 766. The predicted molar refractivity (Wildman–Crippen MR) is 120 cm³/mol. The van der Waals surface area contributed by atoms with E-state index in [1.54, 1.807) is 7.11 Å². The van der Waals surface area contributed by atoms with Crippen molar-refractivity contribution in [3.63, 3.8) is 0 Å². The van der Waals surface area contributed by atoms with Gasteiger partial charge in [0.15, 0.2) is 0 Å². The Morgan fingerprint density at radius 3 is 2.50 bits per heavy atom. The molecule has 1 unspecified atom stereocenters. The summed E-state index contributed by atoms with van der Waals surface area (Å²) in [6.07, 6.45) is 5.02. The van der Waals surface area contributed by atoms with Gasteiger partial charge in [-0.05, 0) is 61.9 Å². The second-order valence-electron chi connectivity index (χ2n) is 6.73. The number of aryl methyl sites for hydroxylation is 1. The molecule has 7 nitrogen and oxygen atoms in total. The molecule has 1 atom stereocenters. The highest BCUT2D eigenvalue weighted by Gasteiger charge is 2.13. The molecule has 2 N–H and O–H groups in total. The molecule has 1 aromatic carbocycles. The van der Waals surface area contributed by atoms with Gasteiger partial charge in [-0.3, -0.25) is 5.32 Å². The summed E-state index contributed by atoms with van der Waals surface area (Å²) in [7, 11) is 1.58. The number of carbonyl (C=O) groups excluding carboxylic acids is 2. The highest BCUT2D eigenvalue weighted by molar-refractivity contribution is 6.00. The monoisotopic (exact) mass is 415 g/mol. The molecule has 1 aromatic heterocycles. The number of nitrogens with one attached hydrogen (secondary N) is 2. The molecule has 0 bridgehead atoms. The van der Waals surface area contributed by atoms with E-state index in [4.69, 9.17) is 14.3 Å². The molecule has 0 fully saturated rings. The molecule has 7 heteroatoms. The first kappa shape index (κ1) is 25.1. The highest BCUT2D eigenvalue weighted by atomic mass is 16.5. The molecule has 30 heavy (non-hydrogen) atoms. The maximum Gasteiger partial charge on any atom is 0.324 e. The van der Waals surface area contributed by atoms with E-state index in [1.807, 2.05) is 57.2 Å². The van der Waals surface area contributed by atoms with Crippen LogP contribution in [0.25, 0.3) is 0 Å². The van der Waals surface area contributed by atoms with Gasteiger partial charge in [-0.1, -0.05) is 25.5 Å². The fourth-order valence-electron chi connectivity index (χ4n) is 3.11. The smallest absolute Gasteiger partial charge is 0.324 e. The molecule has 2 aromatic rings. The maximum atomic E-state index is 12.3. The number of pyridine rings is 1. The SMILES string of the molecule is C=O.CCCC(CCOCC)c1ccc(NC(=O)Nc2cc(C)ccc2OC)nc1. The van der Waals surface area contributed by atoms with E-state index < -0.39 is 0 Å². The summed E-state index contributed by atoms with van der Waals surface area (Å²) < 4.78 is 10.8. The number of hydrogen-bond donors (Lipinski definition) is 2. The first-order chi connectivity index (χ1) is 14.6. The summed E-state index contributed by atoms with van der Waals surface area (Å²) in [6.45, 7) is 9.64. The van der Waals surface area contributed by atoms with Crippen molar-refractivity contribution in [1.29, 1.82) is 0 Å². The van der Waals surface area contributed by atoms with Gasteiger partial charge in [0, 0.05) is 19.4 Å². The summed E-state index contributed by atoms with van der Waals surface area (Å²) >= 11 is 0. The van der Waals surface area contributed by atoms with Crippen molar-refractivity contribution < 1.29 is 19.1 Å². The van der Waals surface area contributed by atoms with Crippen LogP contribution in [0.5, 0.6) is 5.75 Å². The van der Waals surface area contributed by atoms with Gasteiger partial charge in [-0.25, -0.2) is 9.78 Å². The molecular weight excluding hydrogens is 382 g/mol. The van der Waals surface area contributed by atoms with Crippen LogP contribution in [0.2, 0.25) is 0 Å². The number of urea groups is 1. The lowest BCUT2D eigenvalue weighted by molar-refractivity contribution is -0.0980. The van der Waals surface area contributed by atoms with E-state index in [-0.39, 0.29) is 6.03 Å². The molecule has 0 aliphatic rings. The third kappa shape index (κ3) is 8.21. The second-order valence-corrected chi connectivity index (χ2v) is 6.73. The van der Waals surface area contributed by atoms with Crippen LogP contribution in [0.15, 0.2) is 36.5 Å². The van der Waals surface area contributed by atoms with Crippen molar-refractivity contribution in [1.82, 2.24) is 4.98 Å². The largest absolute Gasteiger partial charge is 0.495 e. The second kappa shape index (κ2) is 14.1. The third-order valence-corrected chi connectivity index (χ3v) is 4.55. The van der Waals surface area contributed by atoms with Gasteiger partial charge in [0.2, 0.25) is 0 Å². The minimum absolute atomic E-state index is 0.356. The fourth-order valence-corrected chi connectivity index (χ4v) is 3.11. The lowest BCUT2D eigenvalue weighted by atomic mass is 9.93. The van der Waals surface area contributed by atoms with Gasteiger partial charge in [-0.2, -0.15) is 0 Å². The van der Waals surface area contributed by atoms with Gasteiger partial charge in [0.1, 0.15) is 18.4 Å². The summed E-state index contributed by atoms with van der Waals surface area (Å²) in [6, 6.07) is 9.14. The lowest BCUT2D eigenvalue weighted by Gasteiger charge is -2.17. The lowest BCUT2D eigenvalue weighted by Crippen LogP contribution is -2.20. The van der Waals surface area contributed by atoms with E-state index >= 15 is 0 Å². The van der Waals surface area contributed by atoms with Gasteiger partial charge in [-0.15, -0.1) is 0 Å². The molecule has 0 aliphatic carbocycles. The maximum absolute atomic E-state index is 12.3. The van der Waals surface area contributed by atoms with Crippen molar-refractivity contribution in [2.24, 2.45) is 0 Å². The Labute approximate surface area is 179 Å². The molecule has 2 rings (SSSR count). The van der Waals surface area contributed by atoms with Crippen molar-refractivity contribution in [2.45, 2.75) is 46.0 Å². The first-order valence-corrected chi connectivity index (χ1v) is 10.1. The van der Waals surface area contributed by atoms with E-state index in [0.717, 1.165) is 38.0 Å². The highest BCUT2D eigenvalue weighted by Crippen LogP contribution is 2.26. The van der Waals surface area contributed by atoms with Crippen LogP contribution < -0.4 is 15.4 Å². The first-order valence-electron chi connectivity index (χ1n) is 10.1. The number of ether oxygens (including phenoxy) is 2. The number of nitrogens with zero attached hydrogens (tertiary/aromatic N) is 1. The van der Waals surface area contributed by atoms with Crippen LogP contribution in [0.4, 0.5) is 16.3 Å². The molecule has 0 radical (unpaired) electrons. The predicted octanol–water partition coefficient (Wildman–Crippen LogP) is 5.17. The number of hydrogen-bond acceptors (Lipinski definition) is 5. The number of amides is 2. The van der Waals surface area contributed by atoms with Crippen LogP contribution in [-0.2, 0) is 9.53 Å². The fraction of sp³-hybridized carbons (Fsp3) is 0.435. The molecule has 0 saturated heterocycles. The van der Waals surface area contributed by atoms with Crippen LogP contribution >= 0.6 is 0 Å². The van der Waals surface area contributed by atoms with Gasteiger partial charge < -0.3 is 19.6 Å². The Morgan fingerprint density at radius 1 is 1.13 bits per heavy atom. The average molecular weight is 416 g/mol. The number of aromatic nitrogens is 1.